The number of hydrogen-bond acceptors (Lipinski definition) is 3. The molecule has 0 amide bonds. The van der Waals surface area contributed by atoms with E-state index in [0.717, 1.165) is 22.7 Å². The summed E-state index contributed by atoms with van der Waals surface area (Å²) in [6.45, 7) is 0. The van der Waals surface area contributed by atoms with Gasteiger partial charge >= 0.3 is 0 Å². The standard InChI is InChI=1S/C11H9Cl2N5/c1-17-6-8(5-15-17)18-10(3-12)16-9-2-7(13)4-14-11(9)18/h2,4-6H,3H2,1H3. The van der Waals surface area contributed by atoms with Gasteiger partial charge in [0.05, 0.1) is 22.8 Å². The van der Waals surface area contributed by atoms with E-state index in [0.29, 0.717) is 10.9 Å². The van der Waals surface area contributed by atoms with Crippen LogP contribution in [0.15, 0.2) is 24.7 Å². The third kappa shape index (κ3) is 1.76. The van der Waals surface area contributed by atoms with Crippen molar-refractivity contribution in [3.8, 4) is 5.69 Å². The molecule has 0 spiro atoms. The maximum Gasteiger partial charge on any atom is 0.164 e. The Bertz CT molecular complexity index is 715. The molecule has 0 unspecified atom stereocenters. The number of imidazole rings is 1. The third-order valence-corrected chi connectivity index (χ3v) is 3.05. The lowest BCUT2D eigenvalue weighted by molar-refractivity contribution is 0.767. The molecule has 3 aromatic rings. The highest BCUT2D eigenvalue weighted by molar-refractivity contribution is 6.31. The quantitative estimate of drug-likeness (QED) is 0.679. The van der Waals surface area contributed by atoms with Gasteiger partial charge in [0.2, 0.25) is 0 Å². The molecule has 3 heterocycles. The molecule has 0 fully saturated rings. The molecule has 18 heavy (non-hydrogen) atoms. The van der Waals surface area contributed by atoms with Crippen LogP contribution < -0.4 is 0 Å². The molecule has 3 aromatic heterocycles. The Labute approximate surface area is 113 Å². The largest absolute Gasteiger partial charge is 0.276 e. The van der Waals surface area contributed by atoms with Crippen molar-refractivity contribution in [2.24, 2.45) is 7.05 Å². The lowest BCUT2D eigenvalue weighted by Gasteiger charge is -2.02. The first-order valence-corrected chi connectivity index (χ1v) is 6.18. The molecule has 92 valence electrons. The van der Waals surface area contributed by atoms with Gasteiger partial charge in [0, 0.05) is 19.4 Å². The van der Waals surface area contributed by atoms with Crippen molar-refractivity contribution in [1.82, 2.24) is 24.3 Å². The zero-order valence-corrected chi connectivity index (χ0v) is 11.0. The number of halogens is 2. The molecule has 0 aliphatic rings. The summed E-state index contributed by atoms with van der Waals surface area (Å²) in [7, 11) is 1.85. The Balaban J connectivity index is 2.32. The number of fused-ring (bicyclic) bond motifs is 1. The molecule has 7 heteroatoms. The number of alkyl halides is 1. The number of aryl methyl sites for hydroxylation is 1. The van der Waals surface area contributed by atoms with Gasteiger partial charge < -0.3 is 0 Å². The van der Waals surface area contributed by atoms with E-state index in [-0.39, 0.29) is 0 Å². The number of rotatable bonds is 2. The van der Waals surface area contributed by atoms with E-state index in [4.69, 9.17) is 23.2 Å². The Kier molecular flexibility index (Phi) is 2.72. The normalized spacial score (nSPS) is 11.3. The van der Waals surface area contributed by atoms with Gasteiger partial charge in [-0.15, -0.1) is 11.6 Å². The van der Waals surface area contributed by atoms with E-state index in [9.17, 15) is 0 Å². The van der Waals surface area contributed by atoms with Crippen molar-refractivity contribution in [2.75, 3.05) is 0 Å². The van der Waals surface area contributed by atoms with E-state index in [2.05, 4.69) is 15.1 Å². The third-order valence-electron chi connectivity index (χ3n) is 2.60. The molecule has 0 atom stereocenters. The van der Waals surface area contributed by atoms with E-state index in [1.54, 1.807) is 23.1 Å². The van der Waals surface area contributed by atoms with Gasteiger partial charge in [-0.3, -0.25) is 9.25 Å². The predicted octanol–water partition coefficient (Wildman–Crippen LogP) is 2.55. The molecule has 0 radical (unpaired) electrons. The fraction of sp³-hybridized carbons (Fsp3) is 0.182. The first kappa shape index (κ1) is 11.5. The van der Waals surface area contributed by atoms with Crippen molar-refractivity contribution in [3.63, 3.8) is 0 Å². The van der Waals surface area contributed by atoms with Gasteiger partial charge in [-0.05, 0) is 6.07 Å². The van der Waals surface area contributed by atoms with Crippen molar-refractivity contribution in [3.05, 3.63) is 35.5 Å². The monoisotopic (exact) mass is 281 g/mol. The first-order valence-electron chi connectivity index (χ1n) is 5.27. The molecule has 0 saturated carbocycles. The number of aromatic nitrogens is 5. The highest BCUT2D eigenvalue weighted by Crippen LogP contribution is 2.22. The fourth-order valence-electron chi connectivity index (χ4n) is 1.87. The molecule has 0 aliphatic carbocycles. The summed E-state index contributed by atoms with van der Waals surface area (Å²) in [5.41, 5.74) is 2.33. The summed E-state index contributed by atoms with van der Waals surface area (Å²) in [4.78, 5) is 8.73. The van der Waals surface area contributed by atoms with E-state index < -0.39 is 0 Å². The van der Waals surface area contributed by atoms with Crippen LogP contribution in [-0.2, 0) is 12.9 Å². The van der Waals surface area contributed by atoms with Gasteiger partial charge in [0.15, 0.2) is 5.65 Å². The highest BCUT2D eigenvalue weighted by atomic mass is 35.5. The average Bonchev–Trinajstić information content (AvgIpc) is 2.91. The van der Waals surface area contributed by atoms with E-state index >= 15 is 0 Å². The molecular weight excluding hydrogens is 273 g/mol. The first-order chi connectivity index (χ1) is 8.69. The van der Waals surface area contributed by atoms with Crippen LogP contribution >= 0.6 is 23.2 Å². The van der Waals surface area contributed by atoms with E-state index in [1.807, 2.05) is 17.8 Å². The Morgan fingerprint density at radius 2 is 2.17 bits per heavy atom. The van der Waals surface area contributed by atoms with Crippen molar-refractivity contribution in [1.29, 1.82) is 0 Å². The van der Waals surface area contributed by atoms with Crippen LogP contribution in [0.2, 0.25) is 5.02 Å². The van der Waals surface area contributed by atoms with Crippen LogP contribution in [0.1, 0.15) is 5.82 Å². The highest BCUT2D eigenvalue weighted by Gasteiger charge is 2.14. The number of nitrogens with zero attached hydrogens (tertiary/aromatic N) is 5. The van der Waals surface area contributed by atoms with Gasteiger partial charge in [-0.2, -0.15) is 5.10 Å². The molecule has 5 nitrogen and oxygen atoms in total. The smallest absolute Gasteiger partial charge is 0.164 e. The summed E-state index contributed by atoms with van der Waals surface area (Å²) in [6.07, 6.45) is 5.22. The Morgan fingerprint density at radius 3 is 2.83 bits per heavy atom. The maximum absolute atomic E-state index is 5.93. The Morgan fingerprint density at radius 1 is 1.33 bits per heavy atom. The molecule has 0 saturated heterocycles. The van der Waals surface area contributed by atoms with Crippen LogP contribution in [0, 0.1) is 0 Å². The topological polar surface area (TPSA) is 48.5 Å². The molecule has 0 bridgehead atoms. The fourth-order valence-corrected chi connectivity index (χ4v) is 2.20. The summed E-state index contributed by atoms with van der Waals surface area (Å²) in [6, 6.07) is 1.77. The predicted molar refractivity (Wildman–Crippen MR) is 70.2 cm³/mol. The zero-order valence-electron chi connectivity index (χ0n) is 9.51. The number of pyridine rings is 1. The minimum Gasteiger partial charge on any atom is -0.276 e. The average molecular weight is 282 g/mol. The van der Waals surface area contributed by atoms with Crippen molar-refractivity contribution in [2.45, 2.75) is 5.88 Å². The molecule has 0 aromatic carbocycles. The van der Waals surface area contributed by atoms with Crippen LogP contribution in [0.5, 0.6) is 0 Å². The summed E-state index contributed by atoms with van der Waals surface area (Å²) in [5.74, 6) is 1.01. The van der Waals surface area contributed by atoms with Crippen LogP contribution in [-0.4, -0.2) is 24.3 Å². The van der Waals surface area contributed by atoms with Crippen molar-refractivity contribution < 1.29 is 0 Å². The second-order valence-corrected chi connectivity index (χ2v) is 4.57. The lowest BCUT2D eigenvalue weighted by Crippen LogP contribution is -1.99. The zero-order chi connectivity index (χ0) is 12.7. The van der Waals surface area contributed by atoms with Crippen molar-refractivity contribution >= 4 is 34.4 Å². The molecule has 3 rings (SSSR count). The van der Waals surface area contributed by atoms with Crippen LogP contribution in [0.4, 0.5) is 0 Å². The Hall–Kier alpha value is -1.59. The van der Waals surface area contributed by atoms with E-state index in [1.165, 1.54) is 0 Å². The molecule has 0 N–H and O–H groups in total. The second-order valence-electron chi connectivity index (χ2n) is 3.87. The minimum absolute atomic E-state index is 0.295. The van der Waals surface area contributed by atoms with Crippen LogP contribution in [0.25, 0.3) is 16.9 Å². The summed E-state index contributed by atoms with van der Waals surface area (Å²) in [5, 5.41) is 4.70. The maximum atomic E-state index is 5.93. The summed E-state index contributed by atoms with van der Waals surface area (Å²) >= 11 is 11.8. The lowest BCUT2D eigenvalue weighted by atomic mass is 10.4. The molecule has 0 aliphatic heterocycles. The SMILES string of the molecule is Cn1cc(-n2c(CCl)nc3cc(Cl)cnc32)cn1. The molecular formula is C11H9Cl2N5. The second kappa shape index (κ2) is 4.26. The number of hydrogen-bond donors (Lipinski definition) is 0. The van der Waals surface area contributed by atoms with Crippen LogP contribution in [0.3, 0.4) is 0 Å². The van der Waals surface area contributed by atoms with Gasteiger partial charge in [0.25, 0.3) is 0 Å². The van der Waals surface area contributed by atoms with Gasteiger partial charge in [0.1, 0.15) is 11.3 Å². The summed E-state index contributed by atoms with van der Waals surface area (Å²) < 4.78 is 3.60. The van der Waals surface area contributed by atoms with Gasteiger partial charge in [-0.25, -0.2) is 9.97 Å². The van der Waals surface area contributed by atoms with Gasteiger partial charge in [-0.1, -0.05) is 11.6 Å². The minimum atomic E-state index is 0.295.